The first-order valence-corrected chi connectivity index (χ1v) is 10.3. The predicted molar refractivity (Wildman–Crippen MR) is 95.4 cm³/mol. The molecule has 2 rings (SSSR count). The molecular formula is C17H22O6S2. The molecule has 0 aliphatic rings. The second-order valence-corrected chi connectivity index (χ2v) is 8.44. The molecular weight excluding hydrogens is 364 g/mol. The van der Waals surface area contributed by atoms with Crippen LogP contribution >= 0.6 is 0 Å². The summed E-state index contributed by atoms with van der Waals surface area (Å²) in [5, 5.41) is 0. The molecule has 0 N–H and O–H groups in total. The van der Waals surface area contributed by atoms with E-state index in [0.29, 0.717) is 0 Å². The summed E-state index contributed by atoms with van der Waals surface area (Å²) in [6, 6.07) is 13.1. The summed E-state index contributed by atoms with van der Waals surface area (Å²) >= 11 is 0. The van der Waals surface area contributed by atoms with E-state index in [1.807, 2.05) is 13.8 Å². The molecule has 0 atom stereocenters. The maximum absolute atomic E-state index is 11.3. The van der Waals surface area contributed by atoms with Gasteiger partial charge in [0.25, 0.3) is 20.2 Å². The van der Waals surface area contributed by atoms with Crippen molar-refractivity contribution in [1.29, 1.82) is 0 Å². The van der Waals surface area contributed by atoms with E-state index in [1.54, 1.807) is 43.3 Å². The van der Waals surface area contributed by atoms with Crippen molar-refractivity contribution in [1.82, 2.24) is 0 Å². The van der Waals surface area contributed by atoms with Crippen LogP contribution in [-0.4, -0.2) is 30.6 Å². The minimum atomic E-state index is -3.53. The van der Waals surface area contributed by atoms with Crippen molar-refractivity contribution in [2.45, 2.75) is 30.6 Å². The fourth-order valence-electron chi connectivity index (χ4n) is 1.73. The lowest BCUT2D eigenvalue weighted by Crippen LogP contribution is -2.05. The fraction of sp³-hybridized carbons (Fsp3) is 0.294. The Balaban J connectivity index is 0.000000251. The Bertz CT molecular complexity index is 868. The average molecular weight is 386 g/mol. The van der Waals surface area contributed by atoms with Gasteiger partial charge in [0, 0.05) is 0 Å². The van der Waals surface area contributed by atoms with E-state index in [-0.39, 0.29) is 16.4 Å². The molecule has 0 aliphatic carbocycles. The molecule has 0 aromatic heterocycles. The summed E-state index contributed by atoms with van der Waals surface area (Å²) in [6.45, 7) is 5.60. The van der Waals surface area contributed by atoms with Gasteiger partial charge < -0.3 is 0 Å². The van der Waals surface area contributed by atoms with Crippen molar-refractivity contribution in [3.8, 4) is 0 Å². The Morgan fingerprint density at radius 2 is 1.08 bits per heavy atom. The first kappa shape index (κ1) is 21.3. The molecule has 8 heteroatoms. The van der Waals surface area contributed by atoms with Crippen molar-refractivity contribution < 1.29 is 25.2 Å². The van der Waals surface area contributed by atoms with E-state index in [0.717, 1.165) is 18.2 Å². The topological polar surface area (TPSA) is 86.7 Å². The van der Waals surface area contributed by atoms with Crippen LogP contribution in [0.25, 0.3) is 0 Å². The minimum absolute atomic E-state index is 0.163. The summed E-state index contributed by atoms with van der Waals surface area (Å²) in [5.74, 6) is 0. The molecule has 2 aromatic rings. The van der Waals surface area contributed by atoms with Gasteiger partial charge in [0.05, 0.1) is 23.5 Å². The Morgan fingerprint density at radius 1 is 0.720 bits per heavy atom. The van der Waals surface area contributed by atoms with Gasteiger partial charge in [0.15, 0.2) is 0 Å². The van der Waals surface area contributed by atoms with Crippen molar-refractivity contribution >= 4 is 20.2 Å². The van der Waals surface area contributed by atoms with Gasteiger partial charge in [-0.05, 0) is 45.0 Å². The molecule has 0 saturated heterocycles. The van der Waals surface area contributed by atoms with Crippen molar-refractivity contribution in [2.24, 2.45) is 0 Å². The highest BCUT2D eigenvalue weighted by Crippen LogP contribution is 2.13. The Hall–Kier alpha value is -1.74. The molecule has 25 heavy (non-hydrogen) atoms. The predicted octanol–water partition coefficient (Wildman–Crippen LogP) is 3.05. The number of benzene rings is 2. The van der Waals surface area contributed by atoms with E-state index < -0.39 is 20.2 Å². The molecule has 138 valence electrons. The van der Waals surface area contributed by atoms with Crippen LogP contribution in [0.5, 0.6) is 0 Å². The molecule has 0 bridgehead atoms. The van der Waals surface area contributed by atoms with Crippen LogP contribution in [0.1, 0.15) is 18.1 Å². The zero-order valence-electron chi connectivity index (χ0n) is 14.6. The molecule has 0 amide bonds. The molecule has 0 heterocycles. The lowest BCUT2D eigenvalue weighted by molar-refractivity contribution is 0.338. The molecule has 0 spiro atoms. The highest BCUT2D eigenvalue weighted by atomic mass is 32.2. The summed E-state index contributed by atoms with van der Waals surface area (Å²) < 4.78 is 53.8. The van der Waals surface area contributed by atoms with Gasteiger partial charge in [-0.1, -0.05) is 35.4 Å². The largest absolute Gasteiger partial charge is 0.296 e. The van der Waals surface area contributed by atoms with Crippen LogP contribution in [0, 0.1) is 13.8 Å². The van der Waals surface area contributed by atoms with Crippen molar-refractivity contribution in [3.05, 3.63) is 59.7 Å². The lowest BCUT2D eigenvalue weighted by atomic mass is 10.2. The first-order valence-electron chi connectivity index (χ1n) is 7.46. The summed E-state index contributed by atoms with van der Waals surface area (Å²) in [4.78, 5) is 0.399. The number of aryl methyl sites for hydroxylation is 2. The summed E-state index contributed by atoms with van der Waals surface area (Å²) in [7, 11) is -5.89. The number of hydrogen-bond acceptors (Lipinski definition) is 6. The molecule has 6 nitrogen and oxygen atoms in total. The molecule has 0 saturated carbocycles. The van der Waals surface area contributed by atoms with Gasteiger partial charge in [0.2, 0.25) is 0 Å². The monoisotopic (exact) mass is 386 g/mol. The van der Waals surface area contributed by atoms with E-state index in [2.05, 4.69) is 8.37 Å². The van der Waals surface area contributed by atoms with E-state index in [1.165, 1.54) is 12.1 Å². The molecule has 0 radical (unpaired) electrons. The minimum Gasteiger partial charge on any atom is -0.270 e. The average Bonchev–Trinajstić information content (AvgIpc) is 2.56. The summed E-state index contributed by atoms with van der Waals surface area (Å²) in [5.41, 5.74) is 2.04. The first-order chi connectivity index (χ1) is 11.6. The molecule has 0 aliphatic heterocycles. The van der Waals surface area contributed by atoms with E-state index >= 15 is 0 Å². The smallest absolute Gasteiger partial charge is 0.270 e. The highest BCUT2D eigenvalue weighted by molar-refractivity contribution is 7.87. The third-order valence-corrected chi connectivity index (χ3v) is 5.80. The van der Waals surface area contributed by atoms with Gasteiger partial charge in [-0.3, -0.25) is 8.37 Å². The van der Waals surface area contributed by atoms with Crippen LogP contribution in [-0.2, 0) is 28.6 Å². The maximum atomic E-state index is 11.3. The van der Waals surface area contributed by atoms with Gasteiger partial charge >= 0.3 is 0 Å². The third-order valence-electron chi connectivity index (χ3n) is 3.11. The van der Waals surface area contributed by atoms with Crippen LogP contribution in [0.3, 0.4) is 0 Å². The van der Waals surface area contributed by atoms with Crippen molar-refractivity contribution in [3.63, 3.8) is 0 Å². The Kier molecular flexibility index (Phi) is 7.75. The van der Waals surface area contributed by atoms with Crippen molar-refractivity contribution in [2.75, 3.05) is 13.7 Å². The second-order valence-electron chi connectivity index (χ2n) is 5.11. The Morgan fingerprint density at radius 3 is 1.40 bits per heavy atom. The van der Waals surface area contributed by atoms with Crippen LogP contribution in [0.15, 0.2) is 58.3 Å². The number of hydrogen-bond donors (Lipinski definition) is 0. The van der Waals surface area contributed by atoms with Gasteiger partial charge in [-0.25, -0.2) is 0 Å². The van der Waals surface area contributed by atoms with Crippen LogP contribution < -0.4 is 0 Å². The SMILES string of the molecule is CCOS(=O)(=O)c1ccc(C)cc1.COS(=O)(=O)c1ccc(C)cc1. The quantitative estimate of drug-likeness (QED) is 0.734. The standard InChI is InChI=1S/C9H12O3S.C8H10O3S/c1-3-12-13(10,11)9-6-4-8(2)5-7-9;1-7-3-5-8(6-4-7)12(9,10)11-2/h4-7H,3H2,1-2H3;3-6H,1-2H3. The zero-order valence-corrected chi connectivity index (χ0v) is 16.2. The molecule has 0 unspecified atom stereocenters. The lowest BCUT2D eigenvalue weighted by Gasteiger charge is -2.02. The highest BCUT2D eigenvalue weighted by Gasteiger charge is 2.13. The van der Waals surface area contributed by atoms with Gasteiger partial charge in [0.1, 0.15) is 0 Å². The number of rotatable bonds is 5. The fourth-order valence-corrected chi connectivity index (χ4v) is 3.31. The normalized spacial score (nSPS) is 11.5. The van der Waals surface area contributed by atoms with Gasteiger partial charge in [-0.2, -0.15) is 16.8 Å². The van der Waals surface area contributed by atoms with Gasteiger partial charge in [-0.15, -0.1) is 0 Å². The zero-order chi connectivity index (χ0) is 19.1. The van der Waals surface area contributed by atoms with E-state index in [4.69, 9.17) is 0 Å². The Labute approximate surface area is 149 Å². The van der Waals surface area contributed by atoms with E-state index in [9.17, 15) is 16.8 Å². The second kappa shape index (κ2) is 9.10. The maximum Gasteiger partial charge on any atom is 0.296 e. The summed E-state index contributed by atoms with van der Waals surface area (Å²) in [6.07, 6.45) is 0. The molecule has 0 fully saturated rings. The van der Waals surface area contributed by atoms with Crippen LogP contribution in [0.2, 0.25) is 0 Å². The molecule has 2 aromatic carbocycles. The van der Waals surface area contributed by atoms with Crippen LogP contribution in [0.4, 0.5) is 0 Å². The third kappa shape index (κ3) is 6.58.